The molecule has 0 saturated carbocycles. The number of carbonyl (C=O) groups is 1. The number of hydrogen-bond donors (Lipinski definition) is 1. The second-order valence-electron chi connectivity index (χ2n) is 7.56. The highest BCUT2D eigenvalue weighted by atomic mass is 32.1. The summed E-state index contributed by atoms with van der Waals surface area (Å²) in [6.07, 6.45) is 2.11. The smallest absolute Gasteiger partial charge is 0.337 e. The predicted molar refractivity (Wildman–Crippen MR) is 118 cm³/mol. The number of rotatable bonds is 5. The highest BCUT2D eigenvalue weighted by molar-refractivity contribution is 7.20. The monoisotopic (exact) mass is 407 g/mol. The number of carboxylic acid groups (broad SMARTS) is 1. The molecule has 0 unspecified atom stereocenters. The topological polar surface area (TPSA) is 67.5 Å². The Labute approximate surface area is 174 Å². The van der Waals surface area contributed by atoms with E-state index in [0.717, 1.165) is 56.1 Å². The Kier molecular flexibility index (Phi) is 4.90. The van der Waals surface area contributed by atoms with Gasteiger partial charge in [-0.15, -0.1) is 11.3 Å². The summed E-state index contributed by atoms with van der Waals surface area (Å²) >= 11 is 1.52. The fourth-order valence-electron chi connectivity index (χ4n) is 4.29. The first kappa shape index (κ1) is 19.6. The van der Waals surface area contributed by atoms with Crippen molar-refractivity contribution in [2.24, 2.45) is 0 Å². The van der Waals surface area contributed by atoms with Gasteiger partial charge in [0.2, 0.25) is 0 Å². The van der Waals surface area contributed by atoms with Crippen molar-refractivity contribution in [1.82, 2.24) is 14.6 Å². The van der Waals surface area contributed by atoms with Crippen molar-refractivity contribution in [3.8, 4) is 11.3 Å². The Morgan fingerprint density at radius 1 is 1.21 bits per heavy atom. The minimum absolute atomic E-state index is 0.343. The third-order valence-corrected chi connectivity index (χ3v) is 6.85. The molecule has 1 N–H and O–H groups in total. The largest absolute Gasteiger partial charge is 0.478 e. The summed E-state index contributed by atoms with van der Waals surface area (Å²) < 4.78 is 2.77. The molecule has 0 amide bonds. The number of nitrogens with zero attached hydrogens (tertiary/aromatic N) is 3. The van der Waals surface area contributed by atoms with E-state index in [1.807, 2.05) is 37.4 Å². The molecule has 0 saturated heterocycles. The van der Waals surface area contributed by atoms with Crippen LogP contribution >= 0.6 is 11.3 Å². The van der Waals surface area contributed by atoms with Crippen molar-refractivity contribution in [2.45, 2.75) is 53.4 Å². The van der Waals surface area contributed by atoms with E-state index in [-0.39, 0.29) is 0 Å². The molecular weight excluding hydrogens is 382 g/mol. The van der Waals surface area contributed by atoms with Crippen molar-refractivity contribution < 1.29 is 9.90 Å². The second kappa shape index (κ2) is 7.26. The number of benzene rings is 1. The van der Waals surface area contributed by atoms with E-state index in [0.29, 0.717) is 11.5 Å². The average molecular weight is 408 g/mol. The number of imidazole rings is 1. The van der Waals surface area contributed by atoms with E-state index in [1.54, 1.807) is 6.07 Å². The van der Waals surface area contributed by atoms with E-state index < -0.39 is 5.97 Å². The molecule has 0 bridgehead atoms. The van der Waals surface area contributed by atoms with Crippen LogP contribution in [0.2, 0.25) is 0 Å². The molecule has 29 heavy (non-hydrogen) atoms. The summed E-state index contributed by atoms with van der Waals surface area (Å²) in [5.74, 6) is -0.462. The van der Waals surface area contributed by atoms with Gasteiger partial charge in [-0.25, -0.2) is 14.3 Å². The molecule has 0 radical (unpaired) electrons. The SMILES string of the molecule is CCC(CC)c1cc(C)nn2c(-c3c(C)sc4c(C(=O)O)cccc34)c(C)nc12. The maximum Gasteiger partial charge on any atom is 0.337 e. The number of thiophene rings is 1. The van der Waals surface area contributed by atoms with Gasteiger partial charge in [0.1, 0.15) is 0 Å². The van der Waals surface area contributed by atoms with Crippen molar-refractivity contribution in [3.05, 3.63) is 51.7 Å². The van der Waals surface area contributed by atoms with Crippen molar-refractivity contribution >= 4 is 33.0 Å². The van der Waals surface area contributed by atoms with Gasteiger partial charge in [0.25, 0.3) is 0 Å². The lowest BCUT2D eigenvalue weighted by Crippen LogP contribution is -2.05. The summed E-state index contributed by atoms with van der Waals surface area (Å²) in [7, 11) is 0. The molecule has 4 rings (SSSR count). The summed E-state index contributed by atoms with van der Waals surface area (Å²) in [4.78, 5) is 17.7. The molecule has 1 aromatic carbocycles. The van der Waals surface area contributed by atoms with Crippen LogP contribution in [0.1, 0.15) is 64.8 Å². The van der Waals surface area contributed by atoms with E-state index >= 15 is 0 Å². The van der Waals surface area contributed by atoms with Crippen LogP contribution in [0.15, 0.2) is 24.3 Å². The van der Waals surface area contributed by atoms with Gasteiger partial charge in [0.15, 0.2) is 5.65 Å². The van der Waals surface area contributed by atoms with E-state index in [2.05, 4.69) is 19.9 Å². The van der Waals surface area contributed by atoms with Gasteiger partial charge < -0.3 is 5.11 Å². The van der Waals surface area contributed by atoms with Crippen molar-refractivity contribution in [2.75, 3.05) is 0 Å². The molecule has 6 heteroatoms. The van der Waals surface area contributed by atoms with Crippen LogP contribution in [-0.4, -0.2) is 25.7 Å². The van der Waals surface area contributed by atoms with Gasteiger partial charge in [-0.3, -0.25) is 0 Å². The van der Waals surface area contributed by atoms with E-state index in [4.69, 9.17) is 10.1 Å². The number of carboxylic acids is 1. The first-order valence-electron chi connectivity index (χ1n) is 9.99. The van der Waals surface area contributed by atoms with Crippen LogP contribution in [0.3, 0.4) is 0 Å². The maximum atomic E-state index is 11.7. The molecule has 0 atom stereocenters. The molecule has 5 nitrogen and oxygen atoms in total. The van der Waals surface area contributed by atoms with Crippen LogP contribution in [0.5, 0.6) is 0 Å². The Morgan fingerprint density at radius 3 is 2.59 bits per heavy atom. The second-order valence-corrected chi connectivity index (χ2v) is 8.78. The van der Waals surface area contributed by atoms with Crippen LogP contribution in [0, 0.1) is 20.8 Å². The molecule has 3 aromatic heterocycles. The van der Waals surface area contributed by atoms with Crippen molar-refractivity contribution in [1.29, 1.82) is 0 Å². The standard InChI is InChI=1S/C23H25N3O2S/c1-6-15(7-2)18-11-12(3)25-26-20(13(4)24-22(18)26)19-14(5)29-21-16(19)9-8-10-17(21)23(27)28/h8-11,15H,6-7H2,1-5H3,(H,27,28). The first-order valence-corrected chi connectivity index (χ1v) is 10.8. The number of fused-ring (bicyclic) bond motifs is 2. The van der Waals surface area contributed by atoms with Gasteiger partial charge in [-0.2, -0.15) is 5.10 Å². The number of aromatic nitrogens is 3. The first-order chi connectivity index (χ1) is 13.9. The lowest BCUT2D eigenvalue weighted by Gasteiger charge is -2.15. The van der Waals surface area contributed by atoms with E-state index in [9.17, 15) is 9.90 Å². The summed E-state index contributed by atoms with van der Waals surface area (Å²) in [6.45, 7) is 10.5. The average Bonchev–Trinajstić information content (AvgIpc) is 3.17. The minimum atomic E-state index is -0.900. The Bertz CT molecular complexity index is 1250. The zero-order chi connectivity index (χ0) is 20.9. The third-order valence-electron chi connectivity index (χ3n) is 5.69. The van der Waals surface area contributed by atoms with Crippen LogP contribution in [0.4, 0.5) is 0 Å². The molecule has 150 valence electrons. The third kappa shape index (κ3) is 3.02. The number of aryl methyl sites for hydroxylation is 3. The fraction of sp³-hybridized carbons (Fsp3) is 0.348. The minimum Gasteiger partial charge on any atom is -0.478 e. The molecule has 0 fully saturated rings. The molecule has 0 aliphatic carbocycles. The van der Waals surface area contributed by atoms with Gasteiger partial charge in [0, 0.05) is 26.1 Å². The molecule has 0 aliphatic rings. The number of aromatic carboxylic acids is 1. The number of hydrogen-bond acceptors (Lipinski definition) is 4. The van der Waals surface area contributed by atoms with Gasteiger partial charge in [0.05, 0.1) is 22.6 Å². The lowest BCUT2D eigenvalue weighted by molar-refractivity contribution is 0.0699. The summed E-state index contributed by atoms with van der Waals surface area (Å²) in [5, 5.41) is 15.4. The highest BCUT2D eigenvalue weighted by Gasteiger charge is 2.24. The van der Waals surface area contributed by atoms with Crippen LogP contribution in [0.25, 0.3) is 27.0 Å². The molecule has 0 aliphatic heterocycles. The predicted octanol–water partition coefficient (Wildman–Crippen LogP) is 6.14. The molecular formula is C23H25N3O2S. The van der Waals surface area contributed by atoms with Gasteiger partial charge in [-0.1, -0.05) is 26.0 Å². The van der Waals surface area contributed by atoms with Crippen LogP contribution in [-0.2, 0) is 0 Å². The Morgan fingerprint density at radius 2 is 1.93 bits per heavy atom. The quantitative estimate of drug-likeness (QED) is 0.431. The molecule has 0 spiro atoms. The van der Waals surface area contributed by atoms with E-state index in [1.165, 1.54) is 16.9 Å². The summed E-state index contributed by atoms with van der Waals surface area (Å²) in [5.41, 5.74) is 6.36. The zero-order valence-corrected chi connectivity index (χ0v) is 18.2. The van der Waals surface area contributed by atoms with Crippen molar-refractivity contribution in [3.63, 3.8) is 0 Å². The Hall–Kier alpha value is -2.73. The summed E-state index contributed by atoms with van der Waals surface area (Å²) in [6, 6.07) is 7.63. The molecule has 4 aromatic rings. The van der Waals surface area contributed by atoms with Crippen LogP contribution < -0.4 is 0 Å². The highest BCUT2D eigenvalue weighted by Crippen LogP contribution is 2.42. The fourth-order valence-corrected chi connectivity index (χ4v) is 5.46. The van der Waals surface area contributed by atoms with Gasteiger partial charge >= 0.3 is 5.97 Å². The van der Waals surface area contributed by atoms with Gasteiger partial charge in [-0.05, 0) is 51.7 Å². The molecule has 3 heterocycles. The lowest BCUT2D eigenvalue weighted by atomic mass is 9.95. The normalized spacial score (nSPS) is 11.8. The maximum absolute atomic E-state index is 11.7. The Balaban J connectivity index is 2.08. The zero-order valence-electron chi connectivity index (χ0n) is 17.4.